The van der Waals surface area contributed by atoms with E-state index < -0.39 is 0 Å². The van der Waals surface area contributed by atoms with Crippen LogP contribution in [0.2, 0.25) is 0 Å². The zero-order valence-electron chi connectivity index (χ0n) is 18.8. The predicted octanol–water partition coefficient (Wildman–Crippen LogP) is 4.71. The van der Waals surface area contributed by atoms with Gasteiger partial charge in [0.2, 0.25) is 5.91 Å². The predicted molar refractivity (Wildman–Crippen MR) is 121 cm³/mol. The van der Waals surface area contributed by atoms with Gasteiger partial charge in [-0.05, 0) is 61.8 Å². The molecular weight excluding hydrogens is 386 g/mol. The Morgan fingerprint density at radius 2 is 1.97 bits per heavy atom. The van der Waals surface area contributed by atoms with Gasteiger partial charge in [0.15, 0.2) is 0 Å². The lowest BCUT2D eigenvalue weighted by molar-refractivity contribution is -0.135. The number of carbonyl (C=O) groups excluding carboxylic acids is 1. The van der Waals surface area contributed by atoms with E-state index in [0.29, 0.717) is 12.3 Å². The molecular formula is C26H35N3O2. The first kappa shape index (κ1) is 20.7. The summed E-state index contributed by atoms with van der Waals surface area (Å²) >= 11 is 0. The van der Waals surface area contributed by atoms with Crippen LogP contribution in [-0.4, -0.2) is 33.2 Å². The molecule has 0 radical (unpaired) electrons. The Morgan fingerprint density at radius 1 is 1.19 bits per heavy atom. The summed E-state index contributed by atoms with van der Waals surface area (Å²) in [6.07, 6.45) is 10.9. The molecule has 2 N–H and O–H groups in total. The van der Waals surface area contributed by atoms with E-state index >= 15 is 0 Å². The van der Waals surface area contributed by atoms with Crippen molar-refractivity contribution < 1.29 is 9.90 Å². The van der Waals surface area contributed by atoms with E-state index in [1.165, 1.54) is 11.1 Å². The molecule has 2 unspecified atom stereocenters. The molecule has 1 aromatic heterocycles. The van der Waals surface area contributed by atoms with Gasteiger partial charge in [0.1, 0.15) is 0 Å². The number of aliphatic hydroxyl groups is 1. The second-order valence-electron chi connectivity index (χ2n) is 10.6. The molecule has 3 fully saturated rings. The van der Waals surface area contributed by atoms with Gasteiger partial charge >= 0.3 is 0 Å². The fourth-order valence-corrected chi connectivity index (χ4v) is 6.46. The number of nitrogens with one attached hydrogen (secondary N) is 1. The lowest BCUT2D eigenvalue weighted by Crippen LogP contribution is -2.47. The zero-order chi connectivity index (χ0) is 21.6. The molecule has 1 aromatic carbocycles. The van der Waals surface area contributed by atoms with Crippen molar-refractivity contribution in [3.8, 4) is 11.3 Å². The van der Waals surface area contributed by atoms with Gasteiger partial charge < -0.3 is 15.0 Å². The number of aliphatic hydroxyl groups excluding tert-OH is 1. The second kappa shape index (κ2) is 7.77. The summed E-state index contributed by atoms with van der Waals surface area (Å²) in [4.78, 5) is 17.4. The maximum Gasteiger partial charge on any atom is 0.226 e. The van der Waals surface area contributed by atoms with E-state index in [2.05, 4.69) is 53.0 Å². The summed E-state index contributed by atoms with van der Waals surface area (Å²) in [5.41, 5.74) is 3.40. The number of hydrogen-bond acceptors (Lipinski definition) is 3. The van der Waals surface area contributed by atoms with Gasteiger partial charge in [0.05, 0.1) is 30.4 Å². The number of nitrogens with zero attached hydrogens (tertiary/aromatic N) is 2. The van der Waals surface area contributed by atoms with Crippen molar-refractivity contribution in [2.45, 2.75) is 77.4 Å². The van der Waals surface area contributed by atoms with Crippen molar-refractivity contribution >= 4 is 5.91 Å². The van der Waals surface area contributed by atoms with Gasteiger partial charge in [0.25, 0.3) is 0 Å². The Balaban J connectivity index is 1.33. The summed E-state index contributed by atoms with van der Waals surface area (Å²) < 4.78 is 2.23. The van der Waals surface area contributed by atoms with Gasteiger partial charge in [0, 0.05) is 17.5 Å². The number of imidazole rings is 1. The molecule has 1 amide bonds. The number of fused-ring (bicyclic) bond motifs is 7. The molecule has 31 heavy (non-hydrogen) atoms. The number of benzene rings is 1. The molecule has 0 saturated heterocycles. The molecule has 2 aromatic rings. The normalized spacial score (nSPS) is 30.0. The van der Waals surface area contributed by atoms with Crippen molar-refractivity contribution in [1.29, 1.82) is 0 Å². The highest BCUT2D eigenvalue weighted by Crippen LogP contribution is 2.57. The van der Waals surface area contributed by atoms with E-state index in [9.17, 15) is 9.90 Å². The zero-order valence-corrected chi connectivity index (χ0v) is 18.8. The molecule has 5 heteroatoms. The van der Waals surface area contributed by atoms with Crippen LogP contribution in [0.15, 0.2) is 36.8 Å². The van der Waals surface area contributed by atoms with Crippen LogP contribution in [0.25, 0.3) is 11.3 Å². The maximum absolute atomic E-state index is 13.0. The Bertz CT molecular complexity index is 955. The number of amides is 1. The molecule has 2 atom stereocenters. The smallest absolute Gasteiger partial charge is 0.226 e. The largest absolute Gasteiger partial charge is 0.392 e. The summed E-state index contributed by atoms with van der Waals surface area (Å²) in [5.74, 6) is 0.719. The van der Waals surface area contributed by atoms with Crippen LogP contribution in [0.3, 0.4) is 0 Å². The summed E-state index contributed by atoms with van der Waals surface area (Å²) in [6, 6.07) is 8.65. The maximum atomic E-state index is 13.0. The van der Waals surface area contributed by atoms with Crippen LogP contribution < -0.4 is 5.32 Å². The number of carbonyl (C=O) groups is 1. The summed E-state index contributed by atoms with van der Waals surface area (Å²) in [5, 5.41) is 14.8. The minimum atomic E-state index is -0.367. The van der Waals surface area contributed by atoms with Gasteiger partial charge in [-0.15, -0.1) is 0 Å². The standard InChI is InChI=1S/C26H35N3O2/c1-18(2)15-28-24(31)26-9-5-8-25(10-12-26,11-13-26)23(30)14-21-19-6-3-4-7-20(19)22-16-27-17-29(21)22/h3-4,6-7,16-18,21,23,30H,5,8-15H2,1-2H3,(H,28,31). The second-order valence-corrected chi connectivity index (χ2v) is 10.6. The van der Waals surface area contributed by atoms with Crippen molar-refractivity contribution in [2.24, 2.45) is 16.7 Å². The third-order valence-electron chi connectivity index (χ3n) is 8.44. The fraction of sp³-hybridized carbons (Fsp3) is 0.615. The van der Waals surface area contributed by atoms with Crippen molar-refractivity contribution in [3.63, 3.8) is 0 Å². The quantitative estimate of drug-likeness (QED) is 0.710. The Morgan fingerprint density at radius 3 is 2.74 bits per heavy atom. The highest BCUT2D eigenvalue weighted by atomic mass is 16.3. The molecule has 5 nitrogen and oxygen atoms in total. The number of rotatable bonds is 6. The third kappa shape index (κ3) is 3.42. The van der Waals surface area contributed by atoms with E-state index in [1.54, 1.807) is 0 Å². The van der Waals surface area contributed by atoms with Gasteiger partial charge in [-0.2, -0.15) is 0 Å². The first-order valence-corrected chi connectivity index (χ1v) is 12.0. The van der Waals surface area contributed by atoms with Crippen LogP contribution in [0.4, 0.5) is 0 Å². The molecule has 6 rings (SSSR count). The monoisotopic (exact) mass is 421 g/mol. The SMILES string of the molecule is CC(C)CNC(=O)C12CCCC(C(O)CC3c4ccccc4-c4cncn43)(CC1)CC2. The van der Waals surface area contributed by atoms with E-state index in [1.807, 2.05) is 12.5 Å². The Kier molecular flexibility index (Phi) is 5.20. The van der Waals surface area contributed by atoms with Gasteiger partial charge in [-0.1, -0.05) is 44.5 Å². The molecule has 3 aliphatic carbocycles. The van der Waals surface area contributed by atoms with E-state index in [4.69, 9.17) is 0 Å². The molecule has 4 aliphatic rings. The molecule has 166 valence electrons. The highest BCUT2D eigenvalue weighted by Gasteiger charge is 2.52. The third-order valence-corrected chi connectivity index (χ3v) is 8.44. The Labute approximate surface area is 185 Å². The van der Waals surface area contributed by atoms with Crippen molar-refractivity contribution in [2.75, 3.05) is 6.54 Å². The summed E-state index contributed by atoms with van der Waals surface area (Å²) in [7, 11) is 0. The van der Waals surface area contributed by atoms with Gasteiger partial charge in [-0.25, -0.2) is 4.98 Å². The average molecular weight is 422 g/mol. The highest BCUT2D eigenvalue weighted by molar-refractivity contribution is 5.82. The van der Waals surface area contributed by atoms with Crippen molar-refractivity contribution in [3.05, 3.63) is 42.4 Å². The molecule has 0 spiro atoms. The lowest BCUT2D eigenvalue weighted by Gasteiger charge is -2.45. The molecule has 1 aliphatic heterocycles. The van der Waals surface area contributed by atoms with Crippen LogP contribution in [0.5, 0.6) is 0 Å². The van der Waals surface area contributed by atoms with Crippen molar-refractivity contribution in [1.82, 2.24) is 14.9 Å². The summed E-state index contributed by atoms with van der Waals surface area (Å²) in [6.45, 7) is 5.03. The number of hydrogen-bond donors (Lipinski definition) is 2. The molecule has 3 saturated carbocycles. The van der Waals surface area contributed by atoms with E-state index in [0.717, 1.165) is 57.2 Å². The first-order valence-electron chi connectivity index (χ1n) is 12.0. The Hall–Kier alpha value is -2.14. The van der Waals surface area contributed by atoms with E-state index in [-0.39, 0.29) is 28.9 Å². The fourth-order valence-electron chi connectivity index (χ4n) is 6.46. The topological polar surface area (TPSA) is 67.2 Å². The minimum absolute atomic E-state index is 0.0589. The molecule has 2 heterocycles. The number of aromatic nitrogens is 2. The van der Waals surface area contributed by atoms with Gasteiger partial charge in [-0.3, -0.25) is 4.79 Å². The first-order chi connectivity index (χ1) is 14.9. The van der Waals surface area contributed by atoms with Crippen LogP contribution in [0, 0.1) is 16.7 Å². The lowest BCUT2D eigenvalue weighted by atomic mass is 9.62. The molecule has 2 bridgehead atoms. The van der Waals surface area contributed by atoms with Crippen LogP contribution in [0.1, 0.15) is 76.8 Å². The van der Waals surface area contributed by atoms with Crippen LogP contribution >= 0.6 is 0 Å². The van der Waals surface area contributed by atoms with Crippen LogP contribution in [-0.2, 0) is 4.79 Å². The minimum Gasteiger partial charge on any atom is -0.392 e. The average Bonchev–Trinajstić information content (AvgIpc) is 3.22.